The number of rotatable bonds is 8. The minimum absolute atomic E-state index is 0.0693. The van der Waals surface area contributed by atoms with E-state index in [2.05, 4.69) is 10.0 Å². The van der Waals surface area contributed by atoms with Crippen LogP contribution in [-0.2, 0) is 21.3 Å². The highest BCUT2D eigenvalue weighted by Gasteiger charge is 2.22. The Morgan fingerprint density at radius 2 is 2.14 bits per heavy atom. The van der Waals surface area contributed by atoms with E-state index in [4.69, 9.17) is 4.74 Å². The lowest BCUT2D eigenvalue weighted by Crippen LogP contribution is -2.31. The third-order valence-corrected chi connectivity index (χ3v) is 4.87. The molecular formula is C14H21FN2O3S. The lowest BCUT2D eigenvalue weighted by molar-refractivity contribution is 0.122. The Balaban J connectivity index is 2.08. The van der Waals surface area contributed by atoms with Gasteiger partial charge in [-0.2, -0.15) is 0 Å². The molecule has 0 heterocycles. The molecule has 0 bridgehead atoms. The summed E-state index contributed by atoms with van der Waals surface area (Å²) in [5, 5.41) is 3.18. The van der Waals surface area contributed by atoms with Crippen LogP contribution in [0.1, 0.15) is 25.3 Å². The number of halogens is 1. The van der Waals surface area contributed by atoms with Crippen molar-refractivity contribution in [1.82, 2.24) is 10.0 Å². The molecule has 1 aliphatic carbocycles. The van der Waals surface area contributed by atoms with E-state index < -0.39 is 15.8 Å². The summed E-state index contributed by atoms with van der Waals surface area (Å²) >= 11 is 0. The summed E-state index contributed by atoms with van der Waals surface area (Å²) in [6, 6.07) is 4.28. The van der Waals surface area contributed by atoms with Gasteiger partial charge in [0.1, 0.15) is 5.82 Å². The molecule has 0 aromatic heterocycles. The van der Waals surface area contributed by atoms with E-state index in [-0.39, 0.29) is 17.5 Å². The zero-order valence-corrected chi connectivity index (χ0v) is 13.0. The molecule has 0 aliphatic heterocycles. The van der Waals surface area contributed by atoms with Crippen LogP contribution in [0.4, 0.5) is 4.39 Å². The second-order valence-corrected chi connectivity index (χ2v) is 7.07. The summed E-state index contributed by atoms with van der Waals surface area (Å²) in [5.41, 5.74) is 0.365. The van der Waals surface area contributed by atoms with Crippen molar-refractivity contribution in [3.05, 3.63) is 29.6 Å². The summed E-state index contributed by atoms with van der Waals surface area (Å²) in [4.78, 5) is 0.0693. The first kappa shape index (κ1) is 16.4. The van der Waals surface area contributed by atoms with Gasteiger partial charge in [0.25, 0.3) is 0 Å². The van der Waals surface area contributed by atoms with E-state index in [0.717, 1.165) is 12.8 Å². The molecule has 7 heteroatoms. The largest absolute Gasteiger partial charge is 0.380 e. The van der Waals surface area contributed by atoms with Gasteiger partial charge >= 0.3 is 0 Å². The number of methoxy groups -OCH3 is 1. The third-order valence-electron chi connectivity index (χ3n) is 3.45. The number of hydrogen-bond donors (Lipinski definition) is 2. The van der Waals surface area contributed by atoms with Gasteiger partial charge in [0, 0.05) is 31.8 Å². The van der Waals surface area contributed by atoms with Crippen molar-refractivity contribution >= 4 is 10.0 Å². The first-order chi connectivity index (χ1) is 9.92. The highest BCUT2D eigenvalue weighted by Crippen LogP contribution is 2.21. The number of sulfonamides is 1. The van der Waals surface area contributed by atoms with Crippen LogP contribution in [0.3, 0.4) is 0 Å². The van der Waals surface area contributed by atoms with Gasteiger partial charge in [-0.15, -0.1) is 0 Å². The zero-order chi connectivity index (χ0) is 15.5. The fourth-order valence-corrected chi connectivity index (χ4v) is 2.95. The molecule has 0 spiro atoms. The van der Waals surface area contributed by atoms with E-state index in [1.54, 1.807) is 6.92 Å². The van der Waals surface area contributed by atoms with Crippen molar-refractivity contribution in [2.45, 2.75) is 43.4 Å². The molecule has 1 aliphatic rings. The van der Waals surface area contributed by atoms with Gasteiger partial charge in [0.15, 0.2) is 0 Å². The van der Waals surface area contributed by atoms with Crippen molar-refractivity contribution in [3.63, 3.8) is 0 Å². The van der Waals surface area contributed by atoms with Crippen molar-refractivity contribution < 1.29 is 17.5 Å². The van der Waals surface area contributed by atoms with Crippen LogP contribution < -0.4 is 10.0 Å². The molecule has 0 amide bonds. The summed E-state index contributed by atoms with van der Waals surface area (Å²) < 4.78 is 45.5. The molecule has 0 radical (unpaired) electrons. The normalized spacial score (nSPS) is 16.9. The molecule has 118 valence electrons. The average Bonchev–Trinajstić information content (AvgIpc) is 3.28. The Kier molecular flexibility index (Phi) is 5.32. The van der Waals surface area contributed by atoms with E-state index in [0.29, 0.717) is 18.2 Å². The molecule has 1 aromatic carbocycles. The Bertz CT molecular complexity index is 588. The lowest BCUT2D eigenvalue weighted by atomic mass is 10.2. The topological polar surface area (TPSA) is 67.4 Å². The van der Waals surface area contributed by atoms with Gasteiger partial charge in [-0.25, -0.2) is 17.5 Å². The predicted octanol–water partition coefficient (Wildman–Crippen LogP) is 1.39. The van der Waals surface area contributed by atoms with Crippen LogP contribution in [0.25, 0.3) is 0 Å². The van der Waals surface area contributed by atoms with Crippen LogP contribution in [0.5, 0.6) is 0 Å². The molecule has 1 atom stereocenters. The maximum atomic E-state index is 13.7. The maximum absolute atomic E-state index is 13.7. The molecule has 1 saturated carbocycles. The molecular weight excluding hydrogens is 295 g/mol. The monoisotopic (exact) mass is 316 g/mol. The fourth-order valence-electron chi connectivity index (χ4n) is 1.79. The fraction of sp³-hybridized carbons (Fsp3) is 0.571. The Morgan fingerprint density at radius 3 is 2.76 bits per heavy atom. The highest BCUT2D eigenvalue weighted by atomic mass is 32.2. The standard InChI is InChI=1S/C14H21FN2O3S/c1-10(20-2)8-17-21(18,19)13-5-6-14(15)11(7-13)9-16-12-3-4-12/h5-7,10,12,16-17H,3-4,8-9H2,1-2H3. The van der Waals surface area contributed by atoms with Crippen LogP contribution >= 0.6 is 0 Å². The lowest BCUT2D eigenvalue weighted by Gasteiger charge is -2.12. The third kappa shape index (κ3) is 4.74. The SMILES string of the molecule is COC(C)CNS(=O)(=O)c1ccc(F)c(CNC2CC2)c1. The molecule has 21 heavy (non-hydrogen) atoms. The van der Waals surface area contributed by atoms with Crippen LogP contribution in [-0.4, -0.2) is 34.2 Å². The van der Waals surface area contributed by atoms with Crippen molar-refractivity contribution in [2.24, 2.45) is 0 Å². The summed E-state index contributed by atoms with van der Waals surface area (Å²) in [6.07, 6.45) is 1.96. The highest BCUT2D eigenvalue weighted by molar-refractivity contribution is 7.89. The van der Waals surface area contributed by atoms with E-state index in [1.165, 1.54) is 25.3 Å². The van der Waals surface area contributed by atoms with Crippen LogP contribution in [0, 0.1) is 5.82 Å². The van der Waals surface area contributed by atoms with E-state index in [1.807, 2.05) is 0 Å². The van der Waals surface area contributed by atoms with Gasteiger partial charge in [-0.1, -0.05) is 0 Å². The number of ether oxygens (including phenoxy) is 1. The molecule has 1 fully saturated rings. The van der Waals surface area contributed by atoms with Crippen molar-refractivity contribution in [3.8, 4) is 0 Å². The van der Waals surface area contributed by atoms with Crippen molar-refractivity contribution in [2.75, 3.05) is 13.7 Å². The predicted molar refractivity (Wildman–Crippen MR) is 77.9 cm³/mol. The van der Waals surface area contributed by atoms with Crippen LogP contribution in [0.15, 0.2) is 23.1 Å². The number of benzene rings is 1. The van der Waals surface area contributed by atoms with Gasteiger partial charge in [0.2, 0.25) is 10.0 Å². The molecule has 0 saturated heterocycles. The number of hydrogen-bond acceptors (Lipinski definition) is 4. The van der Waals surface area contributed by atoms with Crippen LogP contribution in [0.2, 0.25) is 0 Å². The maximum Gasteiger partial charge on any atom is 0.240 e. The van der Waals surface area contributed by atoms with E-state index in [9.17, 15) is 12.8 Å². The summed E-state index contributed by atoms with van der Waals surface area (Å²) in [7, 11) is -2.14. The quantitative estimate of drug-likeness (QED) is 0.760. The molecule has 1 unspecified atom stereocenters. The first-order valence-electron chi connectivity index (χ1n) is 6.96. The molecule has 2 rings (SSSR count). The smallest absolute Gasteiger partial charge is 0.240 e. The minimum atomic E-state index is -3.65. The molecule has 5 nitrogen and oxygen atoms in total. The summed E-state index contributed by atoms with van der Waals surface area (Å²) in [6.45, 7) is 2.28. The van der Waals surface area contributed by atoms with Gasteiger partial charge < -0.3 is 10.1 Å². The Morgan fingerprint density at radius 1 is 1.43 bits per heavy atom. The Labute approximate surface area is 124 Å². The van der Waals surface area contributed by atoms with Crippen molar-refractivity contribution in [1.29, 1.82) is 0 Å². The second kappa shape index (κ2) is 6.83. The second-order valence-electron chi connectivity index (χ2n) is 5.31. The van der Waals surface area contributed by atoms with Gasteiger partial charge in [-0.3, -0.25) is 0 Å². The Hall–Kier alpha value is -1.02. The minimum Gasteiger partial charge on any atom is -0.380 e. The summed E-state index contributed by atoms with van der Waals surface area (Å²) in [5.74, 6) is -0.396. The molecule has 2 N–H and O–H groups in total. The zero-order valence-electron chi connectivity index (χ0n) is 12.2. The van der Waals surface area contributed by atoms with Gasteiger partial charge in [0.05, 0.1) is 11.0 Å². The first-order valence-corrected chi connectivity index (χ1v) is 8.45. The molecule has 1 aromatic rings. The number of nitrogens with one attached hydrogen (secondary N) is 2. The average molecular weight is 316 g/mol. The van der Waals surface area contributed by atoms with E-state index >= 15 is 0 Å². The van der Waals surface area contributed by atoms with Gasteiger partial charge in [-0.05, 0) is 38.0 Å².